The quantitative estimate of drug-likeness (QED) is 0.827. The number of carbonyl (C=O) groups excluding carboxylic acids is 1. The molecule has 1 aliphatic heterocycles. The molecule has 4 rings (SSSR count). The molecule has 23 heavy (non-hydrogen) atoms. The Kier molecular flexibility index (Phi) is 4.13. The molecule has 3 heteroatoms. The normalized spacial score (nSPS) is 23.8. The van der Waals surface area contributed by atoms with E-state index < -0.39 is 0 Å². The van der Waals surface area contributed by atoms with E-state index in [-0.39, 0.29) is 6.04 Å². The fourth-order valence-electron chi connectivity index (χ4n) is 3.79. The zero-order chi connectivity index (χ0) is 15.6. The van der Waals surface area contributed by atoms with Gasteiger partial charge in [-0.1, -0.05) is 42.5 Å². The summed E-state index contributed by atoms with van der Waals surface area (Å²) in [5.41, 5.74) is 2.64. The molecule has 0 aromatic heterocycles. The fraction of sp³-hybridized carbons (Fsp3) is 0.350. The number of ketones is 1. The number of Topliss-reactive ketones (excluding diaryl/α,β-unsaturated/α-hetero) is 1. The van der Waals surface area contributed by atoms with Crippen LogP contribution in [-0.4, -0.2) is 17.7 Å². The zero-order valence-electron chi connectivity index (χ0n) is 13.2. The average Bonchev–Trinajstić information content (AvgIpc) is 3.01. The summed E-state index contributed by atoms with van der Waals surface area (Å²) in [4.78, 5) is 16.2. The van der Waals surface area contributed by atoms with Crippen molar-refractivity contribution in [3.05, 3.63) is 60.2 Å². The van der Waals surface area contributed by atoms with Crippen molar-refractivity contribution in [2.24, 2.45) is 5.92 Å². The van der Waals surface area contributed by atoms with Gasteiger partial charge in [-0.15, -0.1) is 11.8 Å². The molecular formula is C20H21NOS. The minimum absolute atomic E-state index is 0.0635. The summed E-state index contributed by atoms with van der Waals surface area (Å²) in [6.07, 6.45) is 3.84. The number of nitrogens with zero attached hydrogens (tertiary/aromatic N) is 1. The standard InChI is InChI=1S/C20H21NOS/c22-19-11-10-16(12-15-6-2-1-3-7-15)13-18(19)21-14-23-20-9-5-4-8-17(20)21/h1-9,16,18H,10-14H2/t16-,18?/m0/s1. The van der Waals surface area contributed by atoms with Gasteiger partial charge in [0.05, 0.1) is 17.6 Å². The number of rotatable bonds is 3. The van der Waals surface area contributed by atoms with Crippen LogP contribution in [0.3, 0.4) is 0 Å². The molecule has 2 aromatic carbocycles. The molecule has 1 fully saturated rings. The van der Waals surface area contributed by atoms with Crippen LogP contribution in [0.2, 0.25) is 0 Å². The average molecular weight is 323 g/mol. The molecule has 2 aliphatic rings. The molecule has 2 atom stereocenters. The highest BCUT2D eigenvalue weighted by Crippen LogP contribution is 2.42. The third-order valence-corrected chi connectivity index (χ3v) is 6.07. The minimum Gasteiger partial charge on any atom is -0.351 e. The van der Waals surface area contributed by atoms with Crippen LogP contribution < -0.4 is 4.90 Å². The van der Waals surface area contributed by atoms with Crippen LogP contribution in [0.4, 0.5) is 5.69 Å². The first kappa shape index (κ1) is 14.8. The lowest BCUT2D eigenvalue weighted by Gasteiger charge is -2.35. The molecule has 0 amide bonds. The van der Waals surface area contributed by atoms with Crippen molar-refractivity contribution in [1.82, 2.24) is 0 Å². The lowest BCUT2D eigenvalue weighted by atomic mass is 9.80. The van der Waals surface area contributed by atoms with Crippen molar-refractivity contribution >= 4 is 23.2 Å². The predicted molar refractivity (Wildman–Crippen MR) is 95.9 cm³/mol. The van der Waals surface area contributed by atoms with E-state index in [9.17, 15) is 4.79 Å². The van der Waals surface area contributed by atoms with Crippen LogP contribution in [0, 0.1) is 5.92 Å². The first-order chi connectivity index (χ1) is 11.3. The first-order valence-electron chi connectivity index (χ1n) is 8.36. The van der Waals surface area contributed by atoms with Gasteiger partial charge in [-0.3, -0.25) is 4.79 Å². The van der Waals surface area contributed by atoms with Crippen molar-refractivity contribution in [3.63, 3.8) is 0 Å². The Labute approximate surface area is 141 Å². The Balaban J connectivity index is 1.51. The maximum Gasteiger partial charge on any atom is 0.155 e. The second-order valence-corrected chi connectivity index (χ2v) is 7.51. The molecule has 0 spiro atoms. The Morgan fingerprint density at radius 1 is 1.04 bits per heavy atom. The third-order valence-electron chi connectivity index (χ3n) is 5.00. The van der Waals surface area contributed by atoms with Gasteiger partial charge in [-0.25, -0.2) is 0 Å². The number of fused-ring (bicyclic) bond motifs is 1. The molecular weight excluding hydrogens is 302 g/mol. The first-order valence-corrected chi connectivity index (χ1v) is 9.35. The minimum atomic E-state index is 0.0635. The fourth-order valence-corrected chi connectivity index (χ4v) is 4.90. The van der Waals surface area contributed by atoms with E-state index in [1.54, 1.807) is 0 Å². The molecule has 2 nitrogen and oxygen atoms in total. The van der Waals surface area contributed by atoms with Gasteiger partial charge in [-0.05, 0) is 42.9 Å². The maximum absolute atomic E-state index is 12.5. The number of benzene rings is 2. The summed E-state index contributed by atoms with van der Waals surface area (Å²) in [6, 6.07) is 19.2. The number of anilines is 1. The summed E-state index contributed by atoms with van der Waals surface area (Å²) in [5, 5.41) is 0. The van der Waals surface area contributed by atoms with Crippen LogP contribution in [-0.2, 0) is 11.2 Å². The molecule has 0 saturated heterocycles. The molecule has 118 valence electrons. The Hall–Kier alpha value is -1.74. The van der Waals surface area contributed by atoms with E-state index in [0.717, 1.165) is 31.6 Å². The summed E-state index contributed by atoms with van der Waals surface area (Å²) in [7, 11) is 0. The van der Waals surface area contributed by atoms with Gasteiger partial charge in [0, 0.05) is 11.3 Å². The van der Waals surface area contributed by atoms with Crippen molar-refractivity contribution < 1.29 is 4.79 Å². The molecule has 1 saturated carbocycles. The number of carbonyl (C=O) groups is 1. The lowest BCUT2D eigenvalue weighted by molar-refractivity contribution is -0.122. The van der Waals surface area contributed by atoms with Crippen LogP contribution in [0.15, 0.2) is 59.5 Å². The van der Waals surface area contributed by atoms with Crippen molar-refractivity contribution in [2.75, 3.05) is 10.8 Å². The third kappa shape index (κ3) is 3.02. The van der Waals surface area contributed by atoms with Gasteiger partial charge in [0.15, 0.2) is 5.78 Å². The Morgan fingerprint density at radius 3 is 2.70 bits per heavy atom. The van der Waals surface area contributed by atoms with Crippen LogP contribution >= 0.6 is 11.8 Å². The molecule has 0 N–H and O–H groups in total. The van der Waals surface area contributed by atoms with Gasteiger partial charge in [0.1, 0.15) is 0 Å². The molecule has 1 unspecified atom stereocenters. The highest BCUT2D eigenvalue weighted by molar-refractivity contribution is 7.99. The van der Waals surface area contributed by atoms with Crippen LogP contribution in [0.5, 0.6) is 0 Å². The van der Waals surface area contributed by atoms with E-state index in [0.29, 0.717) is 11.7 Å². The maximum atomic E-state index is 12.5. The lowest BCUT2D eigenvalue weighted by Crippen LogP contribution is -2.44. The Bertz CT molecular complexity index is 700. The SMILES string of the molecule is O=C1CC[C@@H](Cc2ccccc2)CC1N1CSc2ccccc21. The number of para-hydroxylation sites is 1. The molecule has 1 heterocycles. The van der Waals surface area contributed by atoms with Gasteiger partial charge >= 0.3 is 0 Å². The topological polar surface area (TPSA) is 20.3 Å². The van der Waals surface area contributed by atoms with Crippen molar-refractivity contribution in [2.45, 2.75) is 36.6 Å². The van der Waals surface area contributed by atoms with Crippen LogP contribution in [0.25, 0.3) is 0 Å². The molecule has 2 aromatic rings. The van der Waals surface area contributed by atoms with Crippen LogP contribution in [0.1, 0.15) is 24.8 Å². The van der Waals surface area contributed by atoms with Gasteiger partial charge in [0.2, 0.25) is 0 Å². The van der Waals surface area contributed by atoms with E-state index >= 15 is 0 Å². The second kappa shape index (κ2) is 6.40. The number of hydrogen-bond donors (Lipinski definition) is 0. The highest BCUT2D eigenvalue weighted by Gasteiger charge is 2.36. The molecule has 0 radical (unpaired) electrons. The van der Waals surface area contributed by atoms with Gasteiger partial charge in [0.25, 0.3) is 0 Å². The van der Waals surface area contributed by atoms with Gasteiger partial charge < -0.3 is 4.90 Å². The summed E-state index contributed by atoms with van der Waals surface area (Å²) in [6.45, 7) is 0. The predicted octanol–water partition coefficient (Wildman–Crippen LogP) is 4.54. The summed E-state index contributed by atoms with van der Waals surface area (Å²) < 4.78 is 0. The monoisotopic (exact) mass is 323 g/mol. The van der Waals surface area contributed by atoms with E-state index in [1.807, 2.05) is 11.8 Å². The Morgan fingerprint density at radius 2 is 1.83 bits per heavy atom. The van der Waals surface area contributed by atoms with Gasteiger partial charge in [-0.2, -0.15) is 0 Å². The number of hydrogen-bond acceptors (Lipinski definition) is 3. The highest BCUT2D eigenvalue weighted by atomic mass is 32.2. The smallest absolute Gasteiger partial charge is 0.155 e. The largest absolute Gasteiger partial charge is 0.351 e. The molecule has 0 bridgehead atoms. The van der Waals surface area contributed by atoms with Crippen molar-refractivity contribution in [1.29, 1.82) is 0 Å². The second-order valence-electron chi connectivity index (χ2n) is 6.52. The molecule has 1 aliphatic carbocycles. The summed E-state index contributed by atoms with van der Waals surface area (Å²) in [5.74, 6) is 1.94. The van der Waals surface area contributed by atoms with E-state index in [2.05, 4.69) is 59.5 Å². The zero-order valence-corrected chi connectivity index (χ0v) is 14.0. The van der Waals surface area contributed by atoms with E-state index in [1.165, 1.54) is 16.1 Å². The summed E-state index contributed by atoms with van der Waals surface area (Å²) >= 11 is 1.85. The van der Waals surface area contributed by atoms with Crippen molar-refractivity contribution in [3.8, 4) is 0 Å². The number of thioether (sulfide) groups is 1. The van der Waals surface area contributed by atoms with E-state index in [4.69, 9.17) is 0 Å².